The van der Waals surface area contributed by atoms with Gasteiger partial charge in [-0.3, -0.25) is 4.79 Å². The number of hydrogen-bond donors (Lipinski definition) is 2. The van der Waals surface area contributed by atoms with Gasteiger partial charge >= 0.3 is 5.97 Å². The molecule has 2 aromatic carbocycles. The van der Waals surface area contributed by atoms with Crippen LogP contribution < -0.4 is 5.32 Å². The highest BCUT2D eigenvalue weighted by molar-refractivity contribution is 5.98. The molecule has 5 heteroatoms. The first-order valence-corrected chi connectivity index (χ1v) is 7.65. The van der Waals surface area contributed by atoms with Crippen LogP contribution in [0.5, 0.6) is 0 Å². The molecule has 0 spiro atoms. The van der Waals surface area contributed by atoms with Gasteiger partial charge in [-0.2, -0.15) is 0 Å². The minimum atomic E-state index is -0.553. The van der Waals surface area contributed by atoms with E-state index in [2.05, 4.69) is 10.3 Å². The molecule has 0 aliphatic carbocycles. The summed E-state index contributed by atoms with van der Waals surface area (Å²) in [6, 6.07) is 15.0. The van der Waals surface area contributed by atoms with E-state index in [0.29, 0.717) is 5.69 Å². The number of H-pyrrole nitrogens is 1. The van der Waals surface area contributed by atoms with Gasteiger partial charge in [0.05, 0.1) is 0 Å². The molecule has 0 unspecified atom stereocenters. The van der Waals surface area contributed by atoms with Crippen LogP contribution in [-0.2, 0) is 9.53 Å². The zero-order valence-electron chi connectivity index (χ0n) is 13.6. The molecule has 24 heavy (non-hydrogen) atoms. The lowest BCUT2D eigenvalue weighted by molar-refractivity contribution is -0.119. The smallest absolute Gasteiger partial charge is 0.355 e. The zero-order valence-corrected chi connectivity index (χ0v) is 13.6. The second-order valence-electron chi connectivity index (χ2n) is 5.66. The standard InChI is InChI=1S/C19H18N2O3/c1-12-6-5-7-13(2)18(12)21-17(22)11-24-19(23)16-10-14-8-3-4-9-15(14)20-16/h3-10,20H,11H2,1-2H3,(H,21,22). The second kappa shape index (κ2) is 6.58. The number of ether oxygens (including phenoxy) is 1. The Morgan fingerprint density at radius 2 is 1.75 bits per heavy atom. The Kier molecular flexibility index (Phi) is 4.33. The van der Waals surface area contributed by atoms with Crippen molar-refractivity contribution in [1.29, 1.82) is 0 Å². The number of aryl methyl sites for hydroxylation is 2. The lowest BCUT2D eigenvalue weighted by Gasteiger charge is -2.11. The number of amides is 1. The number of aromatic nitrogens is 1. The lowest BCUT2D eigenvalue weighted by atomic mass is 10.1. The molecule has 1 aromatic heterocycles. The summed E-state index contributed by atoms with van der Waals surface area (Å²) in [4.78, 5) is 27.1. The molecule has 0 atom stereocenters. The van der Waals surface area contributed by atoms with E-state index in [0.717, 1.165) is 27.7 Å². The molecule has 3 rings (SSSR count). The number of aromatic amines is 1. The highest BCUT2D eigenvalue weighted by Gasteiger charge is 2.14. The fourth-order valence-electron chi connectivity index (χ4n) is 2.58. The van der Waals surface area contributed by atoms with E-state index in [1.807, 2.05) is 56.3 Å². The van der Waals surface area contributed by atoms with Crippen LogP contribution in [0.3, 0.4) is 0 Å². The Bertz CT molecular complexity index is 859. The van der Waals surface area contributed by atoms with Gasteiger partial charge in [-0.05, 0) is 37.1 Å². The minimum absolute atomic E-state index is 0.330. The van der Waals surface area contributed by atoms with E-state index in [1.54, 1.807) is 6.07 Å². The van der Waals surface area contributed by atoms with Crippen molar-refractivity contribution in [2.24, 2.45) is 0 Å². The third-order valence-corrected chi connectivity index (χ3v) is 3.83. The molecule has 1 heterocycles. The van der Waals surface area contributed by atoms with E-state index in [1.165, 1.54) is 0 Å². The molecule has 0 aliphatic heterocycles. The molecular formula is C19H18N2O3. The Labute approximate surface area is 139 Å². The number of nitrogens with one attached hydrogen (secondary N) is 2. The predicted molar refractivity (Wildman–Crippen MR) is 93.1 cm³/mol. The molecule has 0 saturated carbocycles. The molecule has 122 valence electrons. The number of rotatable bonds is 4. The number of hydrogen-bond acceptors (Lipinski definition) is 3. The lowest BCUT2D eigenvalue weighted by Crippen LogP contribution is -2.22. The molecule has 0 saturated heterocycles. The summed E-state index contributed by atoms with van der Waals surface area (Å²) in [7, 11) is 0. The van der Waals surface area contributed by atoms with Crippen molar-refractivity contribution in [3.05, 3.63) is 65.4 Å². The van der Waals surface area contributed by atoms with Crippen LogP contribution in [0.15, 0.2) is 48.5 Å². The Morgan fingerprint density at radius 1 is 1.04 bits per heavy atom. The highest BCUT2D eigenvalue weighted by atomic mass is 16.5. The van der Waals surface area contributed by atoms with Crippen molar-refractivity contribution < 1.29 is 14.3 Å². The van der Waals surface area contributed by atoms with E-state index >= 15 is 0 Å². The van der Waals surface area contributed by atoms with Crippen molar-refractivity contribution >= 4 is 28.5 Å². The van der Waals surface area contributed by atoms with E-state index < -0.39 is 5.97 Å². The molecule has 0 radical (unpaired) electrons. The monoisotopic (exact) mass is 322 g/mol. The Balaban J connectivity index is 1.62. The van der Waals surface area contributed by atoms with E-state index in [4.69, 9.17) is 4.74 Å². The van der Waals surface area contributed by atoms with Crippen LogP contribution >= 0.6 is 0 Å². The normalized spacial score (nSPS) is 10.6. The van der Waals surface area contributed by atoms with Gasteiger partial charge in [-0.15, -0.1) is 0 Å². The summed E-state index contributed by atoms with van der Waals surface area (Å²) in [5, 5.41) is 3.71. The number of benzene rings is 2. The van der Waals surface area contributed by atoms with Gasteiger partial charge in [0, 0.05) is 16.6 Å². The molecular weight excluding hydrogens is 304 g/mol. The van der Waals surface area contributed by atoms with Crippen molar-refractivity contribution in [3.8, 4) is 0 Å². The Morgan fingerprint density at radius 3 is 2.46 bits per heavy atom. The van der Waals surface area contributed by atoms with Gasteiger partial charge < -0.3 is 15.0 Å². The number of esters is 1. The first kappa shape index (κ1) is 15.8. The molecule has 1 amide bonds. The van der Waals surface area contributed by atoms with Crippen molar-refractivity contribution in [2.75, 3.05) is 11.9 Å². The summed E-state index contributed by atoms with van der Waals surface area (Å²) in [5.74, 6) is -0.917. The molecule has 2 N–H and O–H groups in total. The van der Waals surface area contributed by atoms with Gasteiger partial charge in [-0.1, -0.05) is 36.4 Å². The summed E-state index contributed by atoms with van der Waals surface area (Å²) >= 11 is 0. The maximum absolute atomic E-state index is 12.1. The van der Waals surface area contributed by atoms with Crippen LogP contribution in [0.2, 0.25) is 0 Å². The van der Waals surface area contributed by atoms with Gasteiger partial charge in [0.1, 0.15) is 5.69 Å². The zero-order chi connectivity index (χ0) is 17.1. The summed E-state index contributed by atoms with van der Waals surface area (Å²) in [6.45, 7) is 3.50. The molecule has 0 fully saturated rings. The maximum atomic E-state index is 12.1. The number of para-hydroxylation sites is 2. The first-order valence-electron chi connectivity index (χ1n) is 7.65. The predicted octanol–water partition coefficient (Wildman–Crippen LogP) is 3.58. The summed E-state index contributed by atoms with van der Waals surface area (Å²) in [6.07, 6.45) is 0. The van der Waals surface area contributed by atoms with Crippen LogP contribution in [0, 0.1) is 13.8 Å². The third kappa shape index (κ3) is 3.30. The van der Waals surface area contributed by atoms with Crippen molar-refractivity contribution in [1.82, 2.24) is 4.98 Å². The van der Waals surface area contributed by atoms with Gasteiger partial charge in [-0.25, -0.2) is 4.79 Å². The quantitative estimate of drug-likeness (QED) is 0.721. The van der Waals surface area contributed by atoms with E-state index in [9.17, 15) is 9.59 Å². The third-order valence-electron chi connectivity index (χ3n) is 3.83. The van der Waals surface area contributed by atoms with Crippen molar-refractivity contribution in [2.45, 2.75) is 13.8 Å². The maximum Gasteiger partial charge on any atom is 0.355 e. The van der Waals surface area contributed by atoms with Gasteiger partial charge in [0.2, 0.25) is 0 Å². The topological polar surface area (TPSA) is 71.2 Å². The average Bonchev–Trinajstić information content (AvgIpc) is 3.00. The van der Waals surface area contributed by atoms with Crippen LogP contribution in [-0.4, -0.2) is 23.5 Å². The van der Waals surface area contributed by atoms with Gasteiger partial charge in [0.25, 0.3) is 5.91 Å². The van der Waals surface area contributed by atoms with Crippen molar-refractivity contribution in [3.63, 3.8) is 0 Å². The largest absolute Gasteiger partial charge is 0.451 e. The summed E-state index contributed by atoms with van der Waals surface area (Å²) < 4.78 is 5.09. The first-order chi connectivity index (χ1) is 11.5. The SMILES string of the molecule is Cc1cccc(C)c1NC(=O)COC(=O)c1cc2ccccc2[nH]1. The number of carbonyl (C=O) groups is 2. The molecule has 3 aromatic rings. The van der Waals surface area contributed by atoms with E-state index in [-0.39, 0.29) is 12.5 Å². The van der Waals surface area contributed by atoms with Crippen LogP contribution in [0.25, 0.3) is 10.9 Å². The van der Waals surface area contributed by atoms with Crippen LogP contribution in [0.1, 0.15) is 21.6 Å². The fraction of sp³-hybridized carbons (Fsp3) is 0.158. The van der Waals surface area contributed by atoms with Crippen LogP contribution in [0.4, 0.5) is 5.69 Å². The fourth-order valence-corrected chi connectivity index (χ4v) is 2.58. The highest BCUT2D eigenvalue weighted by Crippen LogP contribution is 2.19. The summed E-state index contributed by atoms with van der Waals surface area (Å²) in [5.41, 5.74) is 3.86. The Hall–Kier alpha value is -3.08. The second-order valence-corrected chi connectivity index (χ2v) is 5.66. The minimum Gasteiger partial charge on any atom is -0.451 e. The number of carbonyl (C=O) groups excluding carboxylic acids is 2. The average molecular weight is 322 g/mol. The van der Waals surface area contributed by atoms with Gasteiger partial charge in [0.15, 0.2) is 6.61 Å². The molecule has 0 bridgehead atoms. The molecule has 0 aliphatic rings. The molecule has 5 nitrogen and oxygen atoms in total. The number of fused-ring (bicyclic) bond motifs is 1. The number of anilines is 1.